The van der Waals surface area contributed by atoms with Crippen molar-refractivity contribution >= 4 is 40.7 Å². The van der Waals surface area contributed by atoms with Crippen molar-refractivity contribution in [2.75, 3.05) is 43.4 Å². The van der Waals surface area contributed by atoms with Crippen molar-refractivity contribution in [3.05, 3.63) is 166 Å². The number of aromatic nitrogens is 6. The smallest absolute Gasteiger partial charge is 0.409 e. The molecule has 364 valence electrons. The number of hydrogen-bond acceptors (Lipinski definition) is 13. The largest absolute Gasteiger partial charge is 0.450 e. The van der Waals surface area contributed by atoms with Crippen molar-refractivity contribution in [2.45, 2.75) is 70.4 Å². The zero-order chi connectivity index (χ0) is 49.1. The number of thiazole rings is 2. The summed E-state index contributed by atoms with van der Waals surface area (Å²) in [6, 6.07) is 37.2. The number of nitrogens with one attached hydrogen (secondary N) is 3. The van der Waals surface area contributed by atoms with E-state index in [1.54, 1.807) is 64.2 Å². The van der Waals surface area contributed by atoms with E-state index in [-0.39, 0.29) is 35.7 Å². The highest BCUT2D eigenvalue weighted by Crippen LogP contribution is 2.43. The Morgan fingerprint density at radius 3 is 1.51 bits per heavy atom. The number of halogens is 2. The van der Waals surface area contributed by atoms with Crippen LogP contribution in [0.25, 0.3) is 43.7 Å². The Hall–Kier alpha value is -7.01. The number of rotatable bonds is 13. The molecule has 16 heteroatoms. The molecule has 0 radical (unpaired) electrons. The highest BCUT2D eigenvalue weighted by Gasteiger charge is 2.29. The van der Waals surface area contributed by atoms with Crippen LogP contribution in [0, 0.1) is 11.6 Å². The third-order valence-electron chi connectivity index (χ3n) is 12.6. The van der Waals surface area contributed by atoms with Crippen molar-refractivity contribution in [3.63, 3.8) is 0 Å². The molecule has 1 amide bonds. The van der Waals surface area contributed by atoms with E-state index in [1.165, 1.54) is 29.8 Å². The van der Waals surface area contributed by atoms with Gasteiger partial charge in [-0.1, -0.05) is 60.7 Å². The topological polar surface area (TPSA) is 143 Å². The van der Waals surface area contributed by atoms with Crippen molar-refractivity contribution in [1.29, 1.82) is 0 Å². The summed E-state index contributed by atoms with van der Waals surface area (Å²) in [5.41, 5.74) is 7.26. The first kappa shape index (κ1) is 49.0. The number of piperidine rings is 2. The molecule has 10 rings (SSSR count). The Kier molecular flexibility index (Phi) is 16.1. The average Bonchev–Trinajstić information content (AvgIpc) is 4.07. The predicted octanol–water partition coefficient (Wildman–Crippen LogP) is 13.0. The molecule has 8 aromatic rings. The van der Waals surface area contributed by atoms with Crippen LogP contribution in [0.3, 0.4) is 0 Å². The Balaban J connectivity index is 0.000000177. The summed E-state index contributed by atoms with van der Waals surface area (Å²) < 4.78 is 32.4. The van der Waals surface area contributed by atoms with Gasteiger partial charge in [0.05, 0.1) is 61.2 Å². The number of carbonyl (C=O) groups is 1. The number of benzene rings is 4. The monoisotopic (exact) mass is 990 g/mol. The first-order valence-electron chi connectivity index (χ1n) is 24.1. The van der Waals surface area contributed by atoms with E-state index in [2.05, 4.69) is 64.0 Å². The fourth-order valence-electron chi connectivity index (χ4n) is 8.72. The number of carbonyl (C=O) groups excluding carboxylic acids is 1. The number of ether oxygens (including phenoxy) is 1. The second-order valence-corrected chi connectivity index (χ2v) is 19.6. The Bertz CT molecular complexity index is 2980. The molecule has 0 aliphatic carbocycles. The highest BCUT2D eigenvalue weighted by molar-refractivity contribution is 7.16. The number of anilines is 2. The van der Waals surface area contributed by atoms with Crippen LogP contribution >= 0.6 is 22.7 Å². The molecular formula is C55H56F2N10O2S2. The van der Waals surface area contributed by atoms with Gasteiger partial charge in [-0.25, -0.2) is 43.5 Å². The molecule has 71 heavy (non-hydrogen) atoms. The molecule has 4 aromatic heterocycles. The first-order valence-corrected chi connectivity index (χ1v) is 25.8. The third kappa shape index (κ3) is 12.3. The van der Waals surface area contributed by atoms with Crippen LogP contribution in [0.5, 0.6) is 0 Å². The van der Waals surface area contributed by atoms with Crippen LogP contribution < -0.4 is 16.0 Å². The number of nitrogens with zero attached hydrogens (tertiary/aromatic N) is 7. The molecule has 0 unspecified atom stereocenters. The third-order valence-corrected chi connectivity index (χ3v) is 15.1. The van der Waals surface area contributed by atoms with Crippen molar-refractivity contribution in [2.24, 2.45) is 0 Å². The van der Waals surface area contributed by atoms with Crippen LogP contribution in [0.15, 0.2) is 134 Å². The van der Waals surface area contributed by atoms with E-state index in [9.17, 15) is 13.6 Å². The molecule has 2 aliphatic rings. The summed E-state index contributed by atoms with van der Waals surface area (Å²) in [5.74, 6) is 1.21. The summed E-state index contributed by atoms with van der Waals surface area (Å²) in [5, 5.41) is 12.3. The normalized spacial score (nSPS) is 15.0. The fourth-order valence-corrected chi connectivity index (χ4v) is 11.2. The zero-order valence-electron chi connectivity index (χ0n) is 39.9. The van der Waals surface area contributed by atoms with Crippen LogP contribution in [0.2, 0.25) is 0 Å². The summed E-state index contributed by atoms with van der Waals surface area (Å²) in [6.07, 6.45) is 7.01. The molecule has 2 aliphatic heterocycles. The Morgan fingerprint density at radius 1 is 0.634 bits per heavy atom. The molecule has 2 atom stereocenters. The second-order valence-electron chi connectivity index (χ2n) is 17.5. The van der Waals surface area contributed by atoms with Gasteiger partial charge >= 0.3 is 6.09 Å². The van der Waals surface area contributed by atoms with Gasteiger partial charge in [0.1, 0.15) is 11.6 Å². The van der Waals surface area contributed by atoms with Gasteiger partial charge in [-0.3, -0.25) is 0 Å². The van der Waals surface area contributed by atoms with Gasteiger partial charge in [-0.05, 0) is 131 Å². The molecule has 6 heterocycles. The minimum Gasteiger partial charge on any atom is -0.450 e. The van der Waals surface area contributed by atoms with Crippen LogP contribution in [0.1, 0.15) is 91.5 Å². The lowest BCUT2D eigenvalue weighted by molar-refractivity contribution is 0.0970. The van der Waals surface area contributed by atoms with Crippen molar-refractivity contribution < 1.29 is 18.3 Å². The van der Waals surface area contributed by atoms with E-state index in [0.29, 0.717) is 37.5 Å². The van der Waals surface area contributed by atoms with E-state index < -0.39 is 0 Å². The molecule has 4 aromatic carbocycles. The molecule has 0 spiro atoms. The number of hydrogen-bond donors (Lipinski definition) is 3. The lowest BCUT2D eigenvalue weighted by Crippen LogP contribution is -2.38. The number of amides is 1. The van der Waals surface area contributed by atoms with Gasteiger partial charge < -0.3 is 25.6 Å². The van der Waals surface area contributed by atoms with Crippen LogP contribution in [-0.2, 0) is 4.74 Å². The van der Waals surface area contributed by atoms with Gasteiger partial charge in [-0.15, -0.1) is 22.7 Å². The Labute approximate surface area is 421 Å². The molecular weight excluding hydrogens is 935 g/mol. The molecule has 0 saturated carbocycles. The lowest BCUT2D eigenvalue weighted by atomic mass is 9.98. The molecule has 2 fully saturated rings. The standard InChI is InChI=1S/C29H30FN5O2S.C26H26FN5S/c1-3-37-29(36)35-17-14-22(15-18-35)27-34-25(21-9-11-23(30)12-10-21)26(38-27)24-13-16-31-28(33-24)32-19(2)20-7-5-4-6-8-20;1-17(18-5-3-2-4-6-18)30-26-29-16-13-22(31-26)24-23(19-7-9-21(27)10-8-19)32-25(33-24)20-11-14-28-15-12-20/h4-13,16,19,22H,3,14-15,17-18H2,1-2H3,(H,31,32,33);2-10,13,16-17,20,28H,11-12,14-15H2,1H3,(H,29,30,31)/t19-;17-/m00/s1. The Morgan fingerprint density at radius 2 is 1.07 bits per heavy atom. The molecule has 12 nitrogen and oxygen atoms in total. The van der Waals surface area contributed by atoms with E-state index in [1.807, 2.05) is 55.5 Å². The van der Waals surface area contributed by atoms with Crippen LogP contribution in [-0.4, -0.2) is 73.7 Å². The van der Waals surface area contributed by atoms with Crippen molar-refractivity contribution in [1.82, 2.24) is 40.1 Å². The summed E-state index contributed by atoms with van der Waals surface area (Å²) in [7, 11) is 0. The van der Waals surface area contributed by atoms with E-state index >= 15 is 0 Å². The fraction of sp³-hybridized carbons (Fsp3) is 0.291. The van der Waals surface area contributed by atoms with Gasteiger partial charge in [0.2, 0.25) is 11.9 Å². The summed E-state index contributed by atoms with van der Waals surface area (Å²) >= 11 is 3.30. The maximum Gasteiger partial charge on any atom is 0.409 e. The molecule has 0 bridgehead atoms. The molecule has 2 saturated heterocycles. The molecule has 3 N–H and O–H groups in total. The quantitative estimate of drug-likeness (QED) is 0.102. The lowest BCUT2D eigenvalue weighted by Gasteiger charge is -2.30. The van der Waals surface area contributed by atoms with E-state index in [4.69, 9.17) is 24.7 Å². The minimum atomic E-state index is -0.291. The van der Waals surface area contributed by atoms with Gasteiger partial charge in [-0.2, -0.15) is 0 Å². The zero-order valence-corrected chi connectivity index (χ0v) is 41.5. The predicted molar refractivity (Wildman–Crippen MR) is 279 cm³/mol. The minimum absolute atomic E-state index is 0.0321. The van der Waals surface area contributed by atoms with Crippen molar-refractivity contribution in [3.8, 4) is 43.7 Å². The average molecular weight is 991 g/mol. The van der Waals surface area contributed by atoms with Gasteiger partial charge in [0.25, 0.3) is 0 Å². The highest BCUT2D eigenvalue weighted by atomic mass is 32.1. The van der Waals surface area contributed by atoms with E-state index in [0.717, 1.165) is 98.0 Å². The van der Waals surface area contributed by atoms with Gasteiger partial charge in [0, 0.05) is 48.4 Å². The van der Waals surface area contributed by atoms with Gasteiger partial charge in [0.15, 0.2) is 0 Å². The van der Waals surface area contributed by atoms with Crippen LogP contribution in [0.4, 0.5) is 25.5 Å². The summed E-state index contributed by atoms with van der Waals surface area (Å²) in [6.45, 7) is 9.62. The number of likely N-dealkylation sites (tertiary alicyclic amines) is 1. The first-order chi connectivity index (χ1) is 34.7. The second kappa shape index (κ2) is 23.3. The summed E-state index contributed by atoms with van der Waals surface area (Å²) in [4.78, 5) is 44.4. The SMILES string of the molecule is CCOC(=O)N1CCC(c2nc(-c3ccc(F)cc3)c(-c3ccnc(N[C@@H](C)c4ccccc4)n3)s2)CC1.C[C@H](Nc1nccc(-c2sc(C3CCNCC3)nc2-c2ccc(F)cc2)n1)c1ccccc1. The maximum atomic E-state index is 13.7. The maximum absolute atomic E-state index is 13.7.